The second-order valence-electron chi connectivity index (χ2n) is 10.2. The Hall–Kier alpha value is -4.02. The minimum absolute atomic E-state index is 0.00105. The molecule has 0 amide bonds. The first kappa shape index (κ1) is 25.3. The molecular formula is C28H23F5N4O2. The van der Waals surface area contributed by atoms with Gasteiger partial charge in [-0.25, -0.2) is 18.7 Å². The van der Waals surface area contributed by atoms with Gasteiger partial charge in [-0.15, -0.1) is 0 Å². The van der Waals surface area contributed by atoms with Gasteiger partial charge in [0.05, 0.1) is 22.7 Å². The van der Waals surface area contributed by atoms with E-state index in [9.17, 15) is 31.9 Å². The number of aliphatic carboxylic acids is 1. The standard InChI is InChI=1S/C28H23F5N4O2/c29-15-9-17-18(12-34-25(17)20(30)10-15)26-35-21(16-3-1-2-4-19(16)28(31,32)33)11-22(37-26)36-24-14-7-5-13(6-8-14)23(24)27(38)39/h1-4,9-14,23-24,34H,5-8H2,(H,38,39)(H,35,36,37)/t13?,14?,23-,24-/m1/s1. The van der Waals surface area contributed by atoms with E-state index >= 15 is 0 Å². The smallest absolute Gasteiger partial charge is 0.417 e. The Balaban J connectivity index is 1.52. The molecule has 3 saturated carbocycles. The van der Waals surface area contributed by atoms with Gasteiger partial charge < -0.3 is 15.4 Å². The van der Waals surface area contributed by atoms with E-state index in [0.717, 1.165) is 43.9 Å². The number of fused-ring (bicyclic) bond motifs is 4. The third-order valence-corrected chi connectivity index (χ3v) is 8.00. The van der Waals surface area contributed by atoms with Crippen molar-refractivity contribution in [2.45, 2.75) is 37.9 Å². The number of anilines is 1. The van der Waals surface area contributed by atoms with Crippen LogP contribution in [0.1, 0.15) is 31.2 Å². The van der Waals surface area contributed by atoms with Crippen LogP contribution in [0, 0.1) is 29.4 Å². The van der Waals surface area contributed by atoms with E-state index in [4.69, 9.17) is 0 Å². The number of hydrogen-bond donors (Lipinski definition) is 3. The van der Waals surface area contributed by atoms with Crippen molar-refractivity contribution in [3.05, 3.63) is 65.9 Å². The molecule has 7 rings (SSSR count). The molecule has 0 unspecified atom stereocenters. The number of carboxylic acid groups (broad SMARTS) is 1. The van der Waals surface area contributed by atoms with Crippen LogP contribution in [0.25, 0.3) is 33.5 Å². The number of nitrogens with zero attached hydrogens (tertiary/aromatic N) is 2. The summed E-state index contributed by atoms with van der Waals surface area (Å²) >= 11 is 0. The number of benzene rings is 2. The Morgan fingerprint density at radius 3 is 2.41 bits per heavy atom. The van der Waals surface area contributed by atoms with E-state index in [2.05, 4.69) is 20.3 Å². The number of carbonyl (C=O) groups is 1. The molecule has 11 heteroatoms. The molecule has 2 aromatic heterocycles. The first-order valence-corrected chi connectivity index (χ1v) is 12.6. The zero-order valence-corrected chi connectivity index (χ0v) is 20.4. The number of H-pyrrole nitrogens is 1. The van der Waals surface area contributed by atoms with Gasteiger partial charge in [0.1, 0.15) is 17.5 Å². The van der Waals surface area contributed by atoms with Crippen LogP contribution in [-0.2, 0) is 11.0 Å². The minimum Gasteiger partial charge on any atom is -0.481 e. The molecule has 3 aliphatic carbocycles. The van der Waals surface area contributed by atoms with Crippen molar-refractivity contribution in [1.29, 1.82) is 0 Å². The molecule has 0 saturated heterocycles. The summed E-state index contributed by atoms with van der Waals surface area (Å²) in [4.78, 5) is 23.8. The molecule has 4 aromatic rings. The van der Waals surface area contributed by atoms with Crippen LogP contribution in [0.3, 0.4) is 0 Å². The predicted molar refractivity (Wildman–Crippen MR) is 134 cm³/mol. The Labute approximate surface area is 219 Å². The van der Waals surface area contributed by atoms with Crippen molar-refractivity contribution in [3.8, 4) is 22.6 Å². The Morgan fingerprint density at radius 2 is 1.69 bits per heavy atom. The van der Waals surface area contributed by atoms with Crippen LogP contribution in [-0.4, -0.2) is 32.1 Å². The summed E-state index contributed by atoms with van der Waals surface area (Å²) in [6, 6.07) is 7.67. The van der Waals surface area contributed by atoms with Crippen molar-refractivity contribution in [2.24, 2.45) is 17.8 Å². The van der Waals surface area contributed by atoms with E-state index in [1.165, 1.54) is 30.5 Å². The summed E-state index contributed by atoms with van der Waals surface area (Å²) < 4.78 is 70.2. The van der Waals surface area contributed by atoms with Crippen molar-refractivity contribution in [1.82, 2.24) is 15.0 Å². The van der Waals surface area contributed by atoms with Crippen molar-refractivity contribution >= 4 is 22.7 Å². The van der Waals surface area contributed by atoms with Gasteiger partial charge in [-0.1, -0.05) is 18.2 Å². The molecule has 0 aliphatic heterocycles. The number of carboxylic acids is 1. The number of nitrogens with one attached hydrogen (secondary N) is 2. The van der Waals surface area contributed by atoms with Crippen LogP contribution in [0.2, 0.25) is 0 Å². The highest BCUT2D eigenvalue weighted by atomic mass is 19.4. The largest absolute Gasteiger partial charge is 0.481 e. The lowest BCUT2D eigenvalue weighted by molar-refractivity contribution is -0.148. The molecule has 202 valence electrons. The van der Waals surface area contributed by atoms with E-state index < -0.39 is 41.3 Å². The van der Waals surface area contributed by atoms with E-state index in [1.807, 2.05) is 0 Å². The molecule has 3 aliphatic rings. The number of aromatic nitrogens is 3. The van der Waals surface area contributed by atoms with Crippen LogP contribution in [0.15, 0.2) is 48.7 Å². The highest BCUT2D eigenvalue weighted by Crippen LogP contribution is 2.47. The Morgan fingerprint density at radius 1 is 0.974 bits per heavy atom. The van der Waals surface area contributed by atoms with E-state index in [0.29, 0.717) is 0 Å². The molecule has 3 fully saturated rings. The topological polar surface area (TPSA) is 90.9 Å². The Kier molecular flexibility index (Phi) is 6.04. The summed E-state index contributed by atoms with van der Waals surface area (Å²) in [6.07, 6.45) is 0.00823. The highest BCUT2D eigenvalue weighted by Gasteiger charge is 2.47. The third kappa shape index (κ3) is 4.49. The van der Waals surface area contributed by atoms with Gasteiger partial charge in [0.15, 0.2) is 5.82 Å². The average Bonchev–Trinajstić information content (AvgIpc) is 3.33. The molecular weight excluding hydrogens is 519 g/mol. The SMILES string of the molecule is O=C(O)[C@@H]1C2CCC(CC2)[C@H]1Nc1cc(-c2ccccc2C(F)(F)F)nc(-c2c[nH]c3c(F)cc(F)cc23)n1. The van der Waals surface area contributed by atoms with Gasteiger partial charge in [0, 0.05) is 40.9 Å². The second kappa shape index (κ2) is 9.32. The summed E-state index contributed by atoms with van der Waals surface area (Å²) in [5.74, 6) is -3.12. The van der Waals surface area contributed by atoms with Gasteiger partial charge in [0.2, 0.25) is 0 Å². The molecule has 0 radical (unpaired) electrons. The van der Waals surface area contributed by atoms with Crippen LogP contribution in [0.5, 0.6) is 0 Å². The van der Waals surface area contributed by atoms with Gasteiger partial charge >= 0.3 is 12.1 Å². The summed E-state index contributed by atoms with van der Waals surface area (Å²) in [6.45, 7) is 0. The zero-order chi connectivity index (χ0) is 27.5. The maximum atomic E-state index is 14.4. The van der Waals surface area contributed by atoms with Crippen LogP contribution < -0.4 is 5.32 Å². The quantitative estimate of drug-likeness (QED) is 0.239. The van der Waals surface area contributed by atoms with Crippen LogP contribution >= 0.6 is 0 Å². The summed E-state index contributed by atoms with van der Waals surface area (Å²) in [7, 11) is 0. The maximum Gasteiger partial charge on any atom is 0.417 e. The first-order chi connectivity index (χ1) is 18.6. The van der Waals surface area contributed by atoms with Gasteiger partial charge in [0.25, 0.3) is 0 Å². The second-order valence-corrected chi connectivity index (χ2v) is 10.2. The fraction of sp³-hybridized carbons (Fsp3) is 0.321. The number of aromatic amines is 1. The van der Waals surface area contributed by atoms with Gasteiger partial charge in [-0.05, 0) is 49.7 Å². The lowest BCUT2D eigenvalue weighted by Gasteiger charge is -2.47. The molecule has 6 nitrogen and oxygen atoms in total. The third-order valence-electron chi connectivity index (χ3n) is 8.00. The number of halogens is 5. The fourth-order valence-corrected chi connectivity index (χ4v) is 6.26. The molecule has 0 spiro atoms. The minimum atomic E-state index is -4.67. The molecule has 3 N–H and O–H groups in total. The van der Waals surface area contributed by atoms with Crippen molar-refractivity contribution in [2.75, 3.05) is 5.32 Å². The van der Waals surface area contributed by atoms with E-state index in [1.54, 1.807) is 0 Å². The molecule has 2 aromatic carbocycles. The van der Waals surface area contributed by atoms with Gasteiger partial charge in [-0.3, -0.25) is 4.79 Å². The van der Waals surface area contributed by atoms with Crippen molar-refractivity contribution in [3.63, 3.8) is 0 Å². The zero-order valence-electron chi connectivity index (χ0n) is 20.4. The maximum absolute atomic E-state index is 14.4. The molecule has 39 heavy (non-hydrogen) atoms. The monoisotopic (exact) mass is 542 g/mol. The summed E-state index contributed by atoms with van der Waals surface area (Å²) in [5, 5.41) is 13.3. The molecule has 2 bridgehead atoms. The van der Waals surface area contributed by atoms with Gasteiger partial charge in [-0.2, -0.15) is 13.2 Å². The summed E-state index contributed by atoms with van der Waals surface area (Å²) in [5.41, 5.74) is -0.973. The highest BCUT2D eigenvalue weighted by molar-refractivity contribution is 5.94. The lowest BCUT2D eigenvalue weighted by atomic mass is 9.61. The number of rotatable bonds is 5. The Bertz CT molecular complexity index is 1580. The van der Waals surface area contributed by atoms with E-state index in [-0.39, 0.29) is 51.2 Å². The van der Waals surface area contributed by atoms with Crippen molar-refractivity contribution < 1.29 is 31.9 Å². The molecule has 2 heterocycles. The number of alkyl halides is 3. The normalized spacial score (nSPS) is 22.8. The predicted octanol–water partition coefficient (Wildman–Crippen LogP) is 6.89. The molecule has 2 atom stereocenters. The van der Waals surface area contributed by atoms with Crippen LogP contribution in [0.4, 0.5) is 27.8 Å². The fourth-order valence-electron chi connectivity index (χ4n) is 6.26. The number of hydrogen-bond acceptors (Lipinski definition) is 4. The average molecular weight is 543 g/mol. The lowest BCUT2D eigenvalue weighted by Crippen LogP contribution is -2.51. The first-order valence-electron chi connectivity index (χ1n) is 12.6.